The molecule has 1 saturated heterocycles. The number of carbonyl (C=O) groups excluding carboxylic acids is 2. The minimum atomic E-state index is -0.109. The Balaban J connectivity index is 2.51. The van der Waals surface area contributed by atoms with Gasteiger partial charge in [-0.3, -0.25) is 9.59 Å². The average molecular weight is 282 g/mol. The number of hydrogen-bond acceptors (Lipinski definition) is 2. The van der Waals surface area contributed by atoms with Crippen molar-refractivity contribution in [2.45, 2.75) is 59.3 Å². The maximum absolute atomic E-state index is 12.5. The van der Waals surface area contributed by atoms with E-state index in [2.05, 4.69) is 20.8 Å². The highest BCUT2D eigenvalue weighted by molar-refractivity contribution is 5.89. The Morgan fingerprint density at radius 1 is 1.15 bits per heavy atom. The highest BCUT2D eigenvalue weighted by Crippen LogP contribution is 2.21. The molecule has 0 N–H and O–H groups in total. The summed E-state index contributed by atoms with van der Waals surface area (Å²) in [5.41, 5.74) is 0. The summed E-state index contributed by atoms with van der Waals surface area (Å²) in [6.45, 7) is 9.41. The Morgan fingerprint density at radius 2 is 1.80 bits per heavy atom. The molecule has 0 aromatic rings. The summed E-state index contributed by atoms with van der Waals surface area (Å²) < 4.78 is 0. The smallest absolute Gasteiger partial charge is 0.227 e. The average Bonchev–Trinajstić information content (AvgIpc) is 2.80. The van der Waals surface area contributed by atoms with Crippen LogP contribution in [0.4, 0.5) is 0 Å². The molecule has 0 spiro atoms. The summed E-state index contributed by atoms with van der Waals surface area (Å²) in [6, 6.07) is 0. The van der Waals surface area contributed by atoms with Gasteiger partial charge in [0, 0.05) is 32.6 Å². The van der Waals surface area contributed by atoms with Crippen molar-refractivity contribution in [3.05, 3.63) is 0 Å². The molecule has 0 aromatic heterocycles. The van der Waals surface area contributed by atoms with Gasteiger partial charge in [0.1, 0.15) is 0 Å². The summed E-state index contributed by atoms with van der Waals surface area (Å²) in [4.78, 5) is 28.3. The van der Waals surface area contributed by atoms with E-state index in [9.17, 15) is 9.59 Å². The highest BCUT2D eigenvalue weighted by atomic mass is 16.2. The normalized spacial score (nSPS) is 18.6. The molecule has 0 aromatic carbocycles. The highest BCUT2D eigenvalue weighted by Gasteiger charge is 2.35. The van der Waals surface area contributed by atoms with E-state index in [0.717, 1.165) is 51.7 Å². The number of hydrogen-bond donors (Lipinski definition) is 0. The molecule has 0 saturated carbocycles. The number of likely N-dealkylation sites (tertiary alicyclic amines) is 1. The van der Waals surface area contributed by atoms with Crippen LogP contribution in [0.5, 0.6) is 0 Å². The van der Waals surface area contributed by atoms with Crippen LogP contribution in [0, 0.1) is 5.92 Å². The van der Waals surface area contributed by atoms with Crippen LogP contribution < -0.4 is 0 Å². The van der Waals surface area contributed by atoms with Crippen LogP contribution in [-0.2, 0) is 9.59 Å². The molecule has 1 rings (SSSR count). The Bertz CT molecular complexity index is 312. The summed E-state index contributed by atoms with van der Waals surface area (Å²) in [6.07, 6.45) is 5.73. The number of nitrogens with zero attached hydrogens (tertiary/aromatic N) is 2. The number of rotatable bonds is 9. The molecule has 0 aliphatic carbocycles. The van der Waals surface area contributed by atoms with E-state index in [1.54, 1.807) is 0 Å². The van der Waals surface area contributed by atoms with E-state index in [0.29, 0.717) is 13.0 Å². The van der Waals surface area contributed by atoms with Crippen molar-refractivity contribution in [3.8, 4) is 0 Å². The van der Waals surface area contributed by atoms with Crippen molar-refractivity contribution in [3.63, 3.8) is 0 Å². The van der Waals surface area contributed by atoms with Gasteiger partial charge in [0.05, 0.1) is 5.92 Å². The fraction of sp³-hybridized carbons (Fsp3) is 0.875. The molecule has 1 heterocycles. The lowest BCUT2D eigenvalue weighted by Crippen LogP contribution is -2.38. The maximum atomic E-state index is 12.5. The third-order valence-electron chi connectivity index (χ3n) is 3.89. The molecule has 0 radical (unpaired) electrons. The Morgan fingerprint density at radius 3 is 2.35 bits per heavy atom. The molecule has 1 aliphatic heterocycles. The zero-order valence-electron chi connectivity index (χ0n) is 13.4. The van der Waals surface area contributed by atoms with Crippen molar-refractivity contribution in [1.29, 1.82) is 0 Å². The lowest BCUT2D eigenvalue weighted by molar-refractivity contribution is -0.136. The fourth-order valence-electron chi connectivity index (χ4n) is 2.84. The van der Waals surface area contributed by atoms with Gasteiger partial charge >= 0.3 is 0 Å². The quantitative estimate of drug-likeness (QED) is 0.610. The van der Waals surface area contributed by atoms with Gasteiger partial charge < -0.3 is 9.80 Å². The molecule has 0 bridgehead atoms. The van der Waals surface area contributed by atoms with Crippen molar-refractivity contribution in [1.82, 2.24) is 9.80 Å². The van der Waals surface area contributed by atoms with Crippen LogP contribution >= 0.6 is 0 Å². The minimum Gasteiger partial charge on any atom is -0.342 e. The van der Waals surface area contributed by atoms with Gasteiger partial charge in [-0.15, -0.1) is 0 Å². The van der Waals surface area contributed by atoms with Gasteiger partial charge in [0.15, 0.2) is 0 Å². The SMILES string of the molecule is CCCCCN1CC(C(=O)N(CCC)CCC)CC1=O. The zero-order valence-corrected chi connectivity index (χ0v) is 13.4. The largest absolute Gasteiger partial charge is 0.342 e. The first-order chi connectivity index (χ1) is 9.63. The first kappa shape index (κ1) is 17.0. The minimum absolute atomic E-state index is 0.109. The molecule has 4 nitrogen and oxygen atoms in total. The van der Waals surface area contributed by atoms with E-state index in [-0.39, 0.29) is 17.7 Å². The molecule has 116 valence electrons. The van der Waals surface area contributed by atoms with Crippen LogP contribution in [0.15, 0.2) is 0 Å². The van der Waals surface area contributed by atoms with Crippen molar-refractivity contribution in [2.24, 2.45) is 5.92 Å². The molecule has 1 unspecified atom stereocenters. The third kappa shape index (κ3) is 4.80. The molecule has 1 aliphatic rings. The van der Waals surface area contributed by atoms with Gasteiger partial charge in [-0.1, -0.05) is 33.6 Å². The first-order valence-electron chi connectivity index (χ1n) is 8.20. The van der Waals surface area contributed by atoms with Crippen LogP contribution in [0.2, 0.25) is 0 Å². The van der Waals surface area contributed by atoms with E-state index in [1.165, 1.54) is 0 Å². The van der Waals surface area contributed by atoms with E-state index in [4.69, 9.17) is 0 Å². The van der Waals surface area contributed by atoms with Crippen molar-refractivity contribution >= 4 is 11.8 Å². The molecular formula is C16H30N2O2. The van der Waals surface area contributed by atoms with Crippen LogP contribution in [-0.4, -0.2) is 47.8 Å². The second-order valence-corrected chi connectivity index (χ2v) is 5.77. The van der Waals surface area contributed by atoms with Gasteiger partial charge in [0.25, 0.3) is 0 Å². The zero-order chi connectivity index (χ0) is 15.0. The van der Waals surface area contributed by atoms with Crippen molar-refractivity contribution in [2.75, 3.05) is 26.2 Å². The Hall–Kier alpha value is -1.06. The second-order valence-electron chi connectivity index (χ2n) is 5.77. The summed E-state index contributed by atoms with van der Waals surface area (Å²) in [7, 11) is 0. The Kier molecular flexibility index (Phi) is 7.63. The van der Waals surface area contributed by atoms with Crippen LogP contribution in [0.1, 0.15) is 59.3 Å². The summed E-state index contributed by atoms with van der Waals surface area (Å²) in [5.74, 6) is 0.231. The van der Waals surface area contributed by atoms with E-state index < -0.39 is 0 Å². The van der Waals surface area contributed by atoms with Gasteiger partial charge in [-0.2, -0.15) is 0 Å². The monoisotopic (exact) mass is 282 g/mol. The molecule has 2 amide bonds. The predicted octanol–water partition coefficient (Wildman–Crippen LogP) is 2.67. The predicted molar refractivity (Wildman–Crippen MR) is 81.4 cm³/mol. The lowest BCUT2D eigenvalue weighted by Gasteiger charge is -2.24. The van der Waals surface area contributed by atoms with Crippen LogP contribution in [0.3, 0.4) is 0 Å². The Labute approximate surface area is 123 Å². The fourth-order valence-corrected chi connectivity index (χ4v) is 2.84. The third-order valence-corrected chi connectivity index (χ3v) is 3.89. The number of unbranched alkanes of at least 4 members (excludes halogenated alkanes) is 2. The van der Waals surface area contributed by atoms with Crippen molar-refractivity contribution < 1.29 is 9.59 Å². The summed E-state index contributed by atoms with van der Waals surface area (Å²) >= 11 is 0. The molecule has 1 atom stereocenters. The first-order valence-corrected chi connectivity index (χ1v) is 8.20. The molecule has 1 fully saturated rings. The molecular weight excluding hydrogens is 252 g/mol. The lowest BCUT2D eigenvalue weighted by atomic mass is 10.1. The van der Waals surface area contributed by atoms with Gasteiger partial charge in [-0.25, -0.2) is 0 Å². The van der Waals surface area contributed by atoms with Gasteiger partial charge in [0.2, 0.25) is 11.8 Å². The van der Waals surface area contributed by atoms with Crippen LogP contribution in [0.25, 0.3) is 0 Å². The standard InChI is InChI=1S/C16H30N2O2/c1-4-7-8-11-18-13-14(12-15(18)19)16(20)17(9-5-2)10-6-3/h14H,4-13H2,1-3H3. The molecule has 4 heteroatoms. The van der Waals surface area contributed by atoms with Gasteiger partial charge in [-0.05, 0) is 19.3 Å². The summed E-state index contributed by atoms with van der Waals surface area (Å²) in [5, 5.41) is 0. The van der Waals surface area contributed by atoms with E-state index >= 15 is 0 Å². The number of amides is 2. The number of carbonyl (C=O) groups is 2. The van der Waals surface area contributed by atoms with E-state index in [1.807, 2.05) is 9.80 Å². The topological polar surface area (TPSA) is 40.6 Å². The molecule has 20 heavy (non-hydrogen) atoms. The maximum Gasteiger partial charge on any atom is 0.227 e. The second kappa shape index (κ2) is 8.98.